The number of benzene rings is 2. The van der Waals surface area contributed by atoms with Crippen LogP contribution >= 0.6 is 23.2 Å². The van der Waals surface area contributed by atoms with Crippen LogP contribution < -0.4 is 10.8 Å². The van der Waals surface area contributed by atoms with E-state index in [0.29, 0.717) is 33.5 Å². The van der Waals surface area contributed by atoms with E-state index in [2.05, 4.69) is 10.8 Å². The minimum Gasteiger partial charge on any atom is -0.325 e. The Labute approximate surface area is 174 Å². The molecular weight excluding hydrogens is 399 g/mol. The molecule has 0 heterocycles. The summed E-state index contributed by atoms with van der Waals surface area (Å²) in [5.74, 6) is -0.138. The largest absolute Gasteiger partial charge is 0.325 e. The minimum absolute atomic E-state index is 0.128. The number of rotatable bonds is 7. The molecule has 7 heteroatoms. The van der Waals surface area contributed by atoms with Crippen LogP contribution in [0, 0.1) is 5.92 Å². The summed E-state index contributed by atoms with van der Waals surface area (Å²) < 4.78 is 0. The van der Waals surface area contributed by atoms with Gasteiger partial charge >= 0.3 is 0 Å². The lowest BCUT2D eigenvalue weighted by atomic mass is 10.0. The number of halogens is 2. The lowest BCUT2D eigenvalue weighted by Crippen LogP contribution is -2.36. The molecule has 5 nitrogen and oxygen atoms in total. The van der Waals surface area contributed by atoms with E-state index < -0.39 is 12.1 Å². The van der Waals surface area contributed by atoms with E-state index in [1.54, 1.807) is 42.5 Å². The smallest absolute Gasteiger partial charge is 0.274 e. The first-order valence-corrected chi connectivity index (χ1v) is 10.0. The van der Waals surface area contributed by atoms with Gasteiger partial charge in [0.1, 0.15) is 0 Å². The van der Waals surface area contributed by atoms with E-state index in [0.717, 1.165) is 25.7 Å². The molecule has 0 aromatic heterocycles. The highest BCUT2D eigenvalue weighted by molar-refractivity contribution is 6.42. The zero-order chi connectivity index (χ0) is 19.9. The van der Waals surface area contributed by atoms with Gasteiger partial charge in [-0.1, -0.05) is 60.3 Å². The summed E-state index contributed by atoms with van der Waals surface area (Å²) in [6.07, 6.45) is 4.02. The van der Waals surface area contributed by atoms with Gasteiger partial charge in [-0.05, 0) is 43.0 Å². The number of carbonyl (C=O) groups is 2. The van der Waals surface area contributed by atoms with Gasteiger partial charge < -0.3 is 5.32 Å². The fourth-order valence-corrected chi connectivity index (χ4v) is 3.61. The van der Waals surface area contributed by atoms with Crippen molar-refractivity contribution in [3.63, 3.8) is 0 Å². The Morgan fingerprint density at radius 2 is 1.75 bits per heavy atom. The van der Waals surface area contributed by atoms with Crippen LogP contribution in [0.3, 0.4) is 0 Å². The lowest BCUT2D eigenvalue weighted by molar-refractivity contribution is -0.128. The van der Waals surface area contributed by atoms with Crippen LogP contribution in [-0.2, 0) is 9.63 Å². The number of hydroxylamine groups is 1. The van der Waals surface area contributed by atoms with Crippen LogP contribution in [0.15, 0.2) is 48.5 Å². The average molecular weight is 421 g/mol. The van der Waals surface area contributed by atoms with Crippen molar-refractivity contribution in [2.45, 2.75) is 38.3 Å². The molecule has 2 N–H and O–H groups in total. The molecule has 1 unspecified atom stereocenters. The Kier molecular flexibility index (Phi) is 7.31. The SMILES string of the molecule is O=C(CC1CCCC1)NC(ONC(=O)c1ccccc1)c1ccc(Cl)c(Cl)c1. The van der Waals surface area contributed by atoms with E-state index in [9.17, 15) is 9.59 Å². The van der Waals surface area contributed by atoms with E-state index >= 15 is 0 Å². The number of carbonyl (C=O) groups excluding carboxylic acids is 2. The van der Waals surface area contributed by atoms with Crippen molar-refractivity contribution in [1.82, 2.24) is 10.8 Å². The molecule has 2 amide bonds. The summed E-state index contributed by atoms with van der Waals surface area (Å²) in [5, 5.41) is 3.57. The number of hydrogen-bond donors (Lipinski definition) is 2. The molecule has 0 spiro atoms. The molecular formula is C21H22Cl2N2O3. The van der Waals surface area contributed by atoms with Crippen molar-refractivity contribution < 1.29 is 14.4 Å². The average Bonchev–Trinajstić information content (AvgIpc) is 3.20. The third-order valence-electron chi connectivity index (χ3n) is 4.79. The van der Waals surface area contributed by atoms with Gasteiger partial charge in [0.05, 0.1) is 10.0 Å². The van der Waals surface area contributed by atoms with Gasteiger partial charge in [0.15, 0.2) is 6.23 Å². The van der Waals surface area contributed by atoms with Gasteiger partial charge in [0.2, 0.25) is 5.91 Å². The molecule has 2 aromatic carbocycles. The van der Waals surface area contributed by atoms with Crippen LogP contribution in [0.2, 0.25) is 10.0 Å². The van der Waals surface area contributed by atoms with Crippen LogP contribution in [-0.4, -0.2) is 11.8 Å². The third-order valence-corrected chi connectivity index (χ3v) is 5.53. The highest BCUT2D eigenvalue weighted by Gasteiger charge is 2.22. The normalized spacial score (nSPS) is 15.2. The minimum atomic E-state index is -0.878. The monoisotopic (exact) mass is 420 g/mol. The van der Waals surface area contributed by atoms with Gasteiger partial charge in [0, 0.05) is 17.5 Å². The molecule has 0 bridgehead atoms. The van der Waals surface area contributed by atoms with Crippen LogP contribution in [0.5, 0.6) is 0 Å². The Morgan fingerprint density at radius 1 is 1.04 bits per heavy atom. The van der Waals surface area contributed by atoms with Gasteiger partial charge in [-0.3, -0.25) is 9.59 Å². The number of nitrogens with one attached hydrogen (secondary N) is 2. The van der Waals surface area contributed by atoms with Crippen molar-refractivity contribution >= 4 is 35.0 Å². The topological polar surface area (TPSA) is 67.4 Å². The highest BCUT2D eigenvalue weighted by atomic mass is 35.5. The van der Waals surface area contributed by atoms with Gasteiger partial charge in [-0.15, -0.1) is 0 Å². The van der Waals surface area contributed by atoms with Crippen molar-refractivity contribution in [3.05, 3.63) is 69.7 Å². The molecule has 1 fully saturated rings. The Morgan fingerprint density at radius 3 is 2.43 bits per heavy atom. The van der Waals surface area contributed by atoms with E-state index in [1.165, 1.54) is 0 Å². The molecule has 0 saturated heterocycles. The molecule has 3 rings (SSSR count). The Hall–Kier alpha value is -2.08. The predicted octanol–water partition coefficient (Wildman–Crippen LogP) is 5.05. The molecule has 1 aliphatic rings. The molecule has 1 aliphatic carbocycles. The maximum Gasteiger partial charge on any atom is 0.274 e. The molecule has 28 heavy (non-hydrogen) atoms. The fourth-order valence-electron chi connectivity index (χ4n) is 3.30. The molecule has 1 saturated carbocycles. The van der Waals surface area contributed by atoms with Crippen LogP contribution in [0.4, 0.5) is 0 Å². The fraction of sp³-hybridized carbons (Fsp3) is 0.333. The number of amides is 2. The first-order valence-electron chi connectivity index (χ1n) is 9.28. The molecule has 2 aromatic rings. The second kappa shape index (κ2) is 9.92. The van der Waals surface area contributed by atoms with Gasteiger partial charge in [0.25, 0.3) is 5.91 Å². The third kappa shape index (κ3) is 5.71. The Balaban J connectivity index is 1.69. The maximum atomic E-state index is 12.5. The van der Waals surface area contributed by atoms with Crippen molar-refractivity contribution in [1.29, 1.82) is 0 Å². The second-order valence-corrected chi connectivity index (χ2v) is 7.71. The molecule has 0 aliphatic heterocycles. The second-order valence-electron chi connectivity index (χ2n) is 6.89. The summed E-state index contributed by atoms with van der Waals surface area (Å²) >= 11 is 12.1. The van der Waals surface area contributed by atoms with Crippen molar-refractivity contribution in [2.75, 3.05) is 0 Å². The van der Waals surface area contributed by atoms with Crippen molar-refractivity contribution in [3.8, 4) is 0 Å². The van der Waals surface area contributed by atoms with Crippen LogP contribution in [0.25, 0.3) is 0 Å². The summed E-state index contributed by atoms with van der Waals surface area (Å²) in [6, 6.07) is 13.6. The van der Waals surface area contributed by atoms with Crippen LogP contribution in [0.1, 0.15) is 54.3 Å². The first kappa shape index (κ1) is 20.6. The zero-order valence-electron chi connectivity index (χ0n) is 15.3. The maximum absolute atomic E-state index is 12.5. The summed E-state index contributed by atoms with van der Waals surface area (Å²) in [4.78, 5) is 30.3. The van der Waals surface area contributed by atoms with E-state index in [4.69, 9.17) is 28.0 Å². The predicted molar refractivity (Wildman–Crippen MR) is 109 cm³/mol. The quantitative estimate of drug-likeness (QED) is 0.486. The van der Waals surface area contributed by atoms with E-state index in [-0.39, 0.29) is 5.91 Å². The van der Waals surface area contributed by atoms with Crippen molar-refractivity contribution in [2.24, 2.45) is 5.92 Å². The standard InChI is InChI=1S/C21H22Cl2N2O3/c22-17-11-10-16(13-18(17)23)21(24-19(26)12-14-6-4-5-7-14)28-25-20(27)15-8-2-1-3-9-15/h1-3,8-11,13-14,21H,4-7,12H2,(H,24,26)(H,25,27). The first-order chi connectivity index (χ1) is 13.5. The summed E-state index contributed by atoms with van der Waals surface area (Å²) in [6.45, 7) is 0. The highest BCUT2D eigenvalue weighted by Crippen LogP contribution is 2.29. The summed E-state index contributed by atoms with van der Waals surface area (Å²) in [5.41, 5.74) is 3.44. The molecule has 0 radical (unpaired) electrons. The lowest BCUT2D eigenvalue weighted by Gasteiger charge is -2.21. The number of hydrogen-bond acceptors (Lipinski definition) is 3. The van der Waals surface area contributed by atoms with Gasteiger partial charge in [-0.25, -0.2) is 10.3 Å². The Bertz CT molecular complexity index is 824. The van der Waals surface area contributed by atoms with Gasteiger partial charge in [-0.2, -0.15) is 0 Å². The molecule has 1 atom stereocenters. The zero-order valence-corrected chi connectivity index (χ0v) is 16.8. The molecule has 148 valence electrons. The van der Waals surface area contributed by atoms with E-state index in [1.807, 2.05) is 6.07 Å². The summed E-state index contributed by atoms with van der Waals surface area (Å²) in [7, 11) is 0.